The Morgan fingerprint density at radius 1 is 0.410 bits per heavy atom. The summed E-state index contributed by atoms with van der Waals surface area (Å²) in [5.41, 5.74) is 8.66. The standard InChI is InChI=1S/C36H35NO2/c1-38-35-12-6-8-30(26-35)16-14-28-18-22-33(23-19-28)37(32-10-4-3-5-11-32)34-24-20-29(21-25-34)15-17-31-9-7-13-36(27-31)39-2/h3-13,18-27H,14-17H2,1-2H3. The zero-order valence-corrected chi connectivity index (χ0v) is 22.7. The number of rotatable bonds is 11. The minimum Gasteiger partial charge on any atom is -0.497 e. The summed E-state index contributed by atoms with van der Waals surface area (Å²) in [7, 11) is 3.43. The fourth-order valence-electron chi connectivity index (χ4n) is 4.88. The third-order valence-corrected chi connectivity index (χ3v) is 7.08. The van der Waals surface area contributed by atoms with Gasteiger partial charge in [-0.2, -0.15) is 0 Å². The average Bonchev–Trinajstić information content (AvgIpc) is 3.01. The van der Waals surface area contributed by atoms with E-state index in [1.807, 2.05) is 12.1 Å². The summed E-state index contributed by atoms with van der Waals surface area (Å²) in [6.07, 6.45) is 3.94. The Balaban J connectivity index is 1.31. The molecule has 0 unspecified atom stereocenters. The van der Waals surface area contributed by atoms with Crippen LogP contribution in [0.25, 0.3) is 0 Å². The fraction of sp³-hybridized carbons (Fsp3) is 0.167. The van der Waals surface area contributed by atoms with Crippen molar-refractivity contribution in [2.45, 2.75) is 25.7 Å². The molecule has 3 nitrogen and oxygen atoms in total. The van der Waals surface area contributed by atoms with Crippen LogP contribution in [0, 0.1) is 0 Å². The van der Waals surface area contributed by atoms with E-state index >= 15 is 0 Å². The number of aryl methyl sites for hydroxylation is 4. The van der Waals surface area contributed by atoms with Gasteiger partial charge < -0.3 is 14.4 Å². The lowest BCUT2D eigenvalue weighted by molar-refractivity contribution is 0.414. The van der Waals surface area contributed by atoms with Crippen molar-refractivity contribution in [1.29, 1.82) is 0 Å². The Labute approximate surface area is 232 Å². The number of benzene rings is 5. The number of nitrogens with zero attached hydrogens (tertiary/aromatic N) is 1. The van der Waals surface area contributed by atoms with E-state index in [0.29, 0.717) is 0 Å². The Bertz CT molecular complexity index is 1370. The molecule has 0 aliphatic carbocycles. The van der Waals surface area contributed by atoms with E-state index in [2.05, 4.69) is 120 Å². The van der Waals surface area contributed by atoms with E-state index < -0.39 is 0 Å². The van der Waals surface area contributed by atoms with Gasteiger partial charge in [-0.1, -0.05) is 66.7 Å². The molecule has 0 aliphatic heterocycles. The predicted octanol–water partition coefficient (Wildman–Crippen LogP) is 8.74. The summed E-state index contributed by atoms with van der Waals surface area (Å²) in [5.74, 6) is 1.82. The molecule has 5 rings (SSSR count). The van der Waals surface area contributed by atoms with Gasteiger partial charge in [-0.3, -0.25) is 0 Å². The van der Waals surface area contributed by atoms with Crippen molar-refractivity contribution in [1.82, 2.24) is 0 Å². The number of hydrogen-bond donors (Lipinski definition) is 0. The molecule has 0 radical (unpaired) electrons. The highest BCUT2D eigenvalue weighted by Gasteiger charge is 2.12. The molecule has 0 fully saturated rings. The number of methoxy groups -OCH3 is 2. The van der Waals surface area contributed by atoms with E-state index in [-0.39, 0.29) is 0 Å². The lowest BCUT2D eigenvalue weighted by atomic mass is 10.0. The largest absolute Gasteiger partial charge is 0.497 e. The SMILES string of the molecule is COc1cccc(CCc2ccc(N(c3ccccc3)c3ccc(CCc4cccc(OC)c4)cc3)cc2)c1. The van der Waals surface area contributed by atoms with Crippen molar-refractivity contribution >= 4 is 17.1 Å². The molecule has 0 N–H and O–H groups in total. The van der Waals surface area contributed by atoms with Crippen molar-refractivity contribution < 1.29 is 9.47 Å². The Hall–Kier alpha value is -4.50. The van der Waals surface area contributed by atoms with Gasteiger partial charge in [-0.15, -0.1) is 0 Å². The number of hydrogen-bond acceptors (Lipinski definition) is 3. The average molecular weight is 514 g/mol. The van der Waals surface area contributed by atoms with E-state index in [4.69, 9.17) is 9.47 Å². The first-order valence-electron chi connectivity index (χ1n) is 13.5. The molecular formula is C36H35NO2. The van der Waals surface area contributed by atoms with Gasteiger partial charge in [0.2, 0.25) is 0 Å². The lowest BCUT2D eigenvalue weighted by Crippen LogP contribution is -2.10. The van der Waals surface area contributed by atoms with E-state index in [1.165, 1.54) is 22.3 Å². The lowest BCUT2D eigenvalue weighted by Gasteiger charge is -2.26. The summed E-state index contributed by atoms with van der Waals surface area (Å²) in [6, 6.07) is 45.1. The summed E-state index contributed by atoms with van der Waals surface area (Å²) >= 11 is 0. The maximum atomic E-state index is 5.37. The first-order valence-corrected chi connectivity index (χ1v) is 13.5. The number of ether oxygens (including phenoxy) is 2. The van der Waals surface area contributed by atoms with E-state index in [0.717, 1.165) is 54.2 Å². The summed E-state index contributed by atoms with van der Waals surface area (Å²) in [4.78, 5) is 2.32. The first-order chi connectivity index (χ1) is 19.2. The Morgan fingerprint density at radius 2 is 0.821 bits per heavy atom. The molecular weight excluding hydrogens is 478 g/mol. The molecule has 39 heavy (non-hydrogen) atoms. The summed E-state index contributed by atoms with van der Waals surface area (Å²) in [6.45, 7) is 0. The third-order valence-electron chi connectivity index (χ3n) is 7.08. The van der Waals surface area contributed by atoms with Gasteiger partial charge in [0.05, 0.1) is 14.2 Å². The number of anilines is 3. The highest BCUT2D eigenvalue weighted by atomic mass is 16.5. The molecule has 0 heterocycles. The molecule has 0 spiro atoms. The van der Waals surface area contributed by atoms with E-state index in [1.54, 1.807) is 14.2 Å². The molecule has 0 amide bonds. The Morgan fingerprint density at radius 3 is 1.26 bits per heavy atom. The topological polar surface area (TPSA) is 21.7 Å². The molecule has 196 valence electrons. The van der Waals surface area contributed by atoms with Crippen LogP contribution < -0.4 is 14.4 Å². The molecule has 3 heteroatoms. The highest BCUT2D eigenvalue weighted by molar-refractivity contribution is 5.76. The van der Waals surface area contributed by atoms with Gasteiger partial charge in [-0.25, -0.2) is 0 Å². The van der Waals surface area contributed by atoms with Crippen LogP contribution in [-0.2, 0) is 25.7 Å². The Kier molecular flexibility index (Phi) is 8.60. The van der Waals surface area contributed by atoms with Gasteiger partial charge in [0, 0.05) is 17.1 Å². The van der Waals surface area contributed by atoms with Gasteiger partial charge >= 0.3 is 0 Å². The molecule has 0 saturated heterocycles. The second-order valence-electron chi connectivity index (χ2n) is 9.71. The van der Waals surface area contributed by atoms with Crippen molar-refractivity contribution in [3.63, 3.8) is 0 Å². The predicted molar refractivity (Wildman–Crippen MR) is 162 cm³/mol. The molecule has 0 atom stereocenters. The maximum Gasteiger partial charge on any atom is 0.119 e. The van der Waals surface area contributed by atoms with Gasteiger partial charge in [-0.05, 0) is 109 Å². The molecule has 0 aliphatic rings. The number of para-hydroxylation sites is 1. The first kappa shape index (κ1) is 26.1. The quantitative estimate of drug-likeness (QED) is 0.176. The van der Waals surface area contributed by atoms with Crippen LogP contribution in [0.15, 0.2) is 127 Å². The minimum absolute atomic E-state index is 0.910. The zero-order chi connectivity index (χ0) is 26.9. The van der Waals surface area contributed by atoms with Crippen LogP contribution in [0.5, 0.6) is 11.5 Å². The van der Waals surface area contributed by atoms with Crippen molar-refractivity contribution in [3.05, 3.63) is 150 Å². The van der Waals surface area contributed by atoms with Crippen molar-refractivity contribution in [2.75, 3.05) is 19.1 Å². The zero-order valence-electron chi connectivity index (χ0n) is 22.7. The van der Waals surface area contributed by atoms with Gasteiger partial charge in [0.15, 0.2) is 0 Å². The smallest absolute Gasteiger partial charge is 0.119 e. The summed E-state index contributed by atoms with van der Waals surface area (Å²) in [5, 5.41) is 0. The molecule has 0 bridgehead atoms. The fourth-order valence-corrected chi connectivity index (χ4v) is 4.88. The van der Waals surface area contributed by atoms with Crippen molar-refractivity contribution in [2.24, 2.45) is 0 Å². The van der Waals surface area contributed by atoms with Crippen LogP contribution in [0.4, 0.5) is 17.1 Å². The van der Waals surface area contributed by atoms with Crippen LogP contribution >= 0.6 is 0 Å². The minimum atomic E-state index is 0.910. The van der Waals surface area contributed by atoms with Gasteiger partial charge in [0.1, 0.15) is 11.5 Å². The molecule has 5 aromatic carbocycles. The van der Waals surface area contributed by atoms with E-state index in [9.17, 15) is 0 Å². The third kappa shape index (κ3) is 6.88. The molecule has 0 aromatic heterocycles. The normalized spacial score (nSPS) is 10.7. The highest BCUT2D eigenvalue weighted by Crippen LogP contribution is 2.34. The summed E-state index contributed by atoms with van der Waals surface area (Å²) < 4.78 is 10.7. The molecule has 5 aromatic rings. The van der Waals surface area contributed by atoms with Crippen LogP contribution in [-0.4, -0.2) is 14.2 Å². The van der Waals surface area contributed by atoms with Crippen molar-refractivity contribution in [3.8, 4) is 11.5 Å². The van der Waals surface area contributed by atoms with Gasteiger partial charge in [0.25, 0.3) is 0 Å². The monoisotopic (exact) mass is 513 g/mol. The second-order valence-corrected chi connectivity index (χ2v) is 9.71. The van der Waals surface area contributed by atoms with Crippen LogP contribution in [0.1, 0.15) is 22.3 Å². The van der Waals surface area contributed by atoms with Crippen LogP contribution in [0.3, 0.4) is 0 Å². The second kappa shape index (κ2) is 12.8. The molecule has 0 saturated carbocycles. The maximum absolute atomic E-state index is 5.37. The van der Waals surface area contributed by atoms with Crippen LogP contribution in [0.2, 0.25) is 0 Å².